The van der Waals surface area contributed by atoms with E-state index in [2.05, 4.69) is 10.2 Å². The first-order valence-corrected chi connectivity index (χ1v) is 10.2. The molecule has 0 saturated carbocycles. The van der Waals surface area contributed by atoms with Gasteiger partial charge in [-0.25, -0.2) is 0 Å². The van der Waals surface area contributed by atoms with Crippen LogP contribution >= 0.6 is 11.3 Å². The largest absolute Gasteiger partial charge is 0.497 e. The average Bonchev–Trinajstić information content (AvgIpc) is 3.47. The highest BCUT2D eigenvalue weighted by atomic mass is 32.1. The molecule has 0 fully saturated rings. The molecule has 29 heavy (non-hydrogen) atoms. The Morgan fingerprint density at radius 3 is 2.83 bits per heavy atom. The van der Waals surface area contributed by atoms with E-state index in [-0.39, 0.29) is 12.5 Å². The monoisotopic (exact) mass is 411 g/mol. The summed E-state index contributed by atoms with van der Waals surface area (Å²) >= 11 is 1.53. The van der Waals surface area contributed by atoms with Crippen LogP contribution in [0, 0.1) is 6.92 Å². The number of hydrogen-bond donors (Lipinski definition) is 0. The molecule has 0 N–H and O–H groups in total. The predicted octanol–water partition coefficient (Wildman–Crippen LogP) is 4.91. The summed E-state index contributed by atoms with van der Waals surface area (Å²) in [4.78, 5) is 15.8. The van der Waals surface area contributed by atoms with Gasteiger partial charge in [-0.2, -0.15) is 0 Å². The molecule has 0 saturated heterocycles. The molecule has 0 spiro atoms. The third-order valence-electron chi connectivity index (χ3n) is 4.64. The van der Waals surface area contributed by atoms with Crippen molar-refractivity contribution in [1.82, 2.24) is 15.1 Å². The minimum atomic E-state index is -0.199. The summed E-state index contributed by atoms with van der Waals surface area (Å²) in [6.45, 7) is 4.67. The highest BCUT2D eigenvalue weighted by molar-refractivity contribution is 7.13. The van der Waals surface area contributed by atoms with Crippen molar-refractivity contribution in [3.8, 4) is 16.5 Å². The van der Waals surface area contributed by atoms with Crippen LogP contribution in [0.3, 0.4) is 0 Å². The highest BCUT2D eigenvalue weighted by Gasteiger charge is 2.25. The van der Waals surface area contributed by atoms with Crippen molar-refractivity contribution in [1.29, 1.82) is 0 Å². The van der Waals surface area contributed by atoms with E-state index in [4.69, 9.17) is 13.6 Å². The van der Waals surface area contributed by atoms with Crippen LogP contribution in [0.4, 0.5) is 0 Å². The van der Waals surface area contributed by atoms with Crippen LogP contribution in [0.25, 0.3) is 21.7 Å². The third kappa shape index (κ3) is 3.75. The van der Waals surface area contributed by atoms with E-state index in [1.54, 1.807) is 12.0 Å². The van der Waals surface area contributed by atoms with Crippen molar-refractivity contribution in [2.24, 2.45) is 0 Å². The zero-order chi connectivity index (χ0) is 20.4. The summed E-state index contributed by atoms with van der Waals surface area (Å²) in [5.41, 5.74) is 1.44. The summed E-state index contributed by atoms with van der Waals surface area (Å²) in [6, 6.07) is 9.35. The van der Waals surface area contributed by atoms with Crippen molar-refractivity contribution >= 4 is 28.2 Å². The zero-order valence-corrected chi connectivity index (χ0v) is 17.3. The number of aryl methyl sites for hydroxylation is 1. The topological polar surface area (TPSA) is 81.6 Å². The molecule has 3 aromatic heterocycles. The van der Waals surface area contributed by atoms with E-state index in [0.29, 0.717) is 29.7 Å². The summed E-state index contributed by atoms with van der Waals surface area (Å²) in [5, 5.41) is 11.0. The van der Waals surface area contributed by atoms with E-state index in [9.17, 15) is 4.79 Å². The number of nitrogens with zero attached hydrogens (tertiary/aromatic N) is 3. The van der Waals surface area contributed by atoms with Gasteiger partial charge in [0.2, 0.25) is 5.89 Å². The number of carbonyl (C=O) groups is 1. The van der Waals surface area contributed by atoms with Gasteiger partial charge in [0, 0.05) is 17.5 Å². The van der Waals surface area contributed by atoms with Crippen LogP contribution in [-0.2, 0) is 6.54 Å². The maximum absolute atomic E-state index is 13.2. The number of rotatable bonds is 7. The van der Waals surface area contributed by atoms with Crippen LogP contribution in [0.5, 0.6) is 5.75 Å². The Labute approximate surface area is 171 Å². The van der Waals surface area contributed by atoms with Crippen molar-refractivity contribution in [3.05, 3.63) is 52.9 Å². The third-order valence-corrected chi connectivity index (χ3v) is 5.50. The first kappa shape index (κ1) is 19.2. The molecule has 0 unspecified atom stereocenters. The summed E-state index contributed by atoms with van der Waals surface area (Å²) in [5.74, 6) is 1.70. The standard InChI is InChI=1S/C21H21N3O4S/c1-4-9-24(12-18-22-23-20(28-18)17-6-5-10-29-17)21(25)19-13(2)15-11-14(26-3)7-8-16(15)27-19/h5-8,10-11H,4,9,12H2,1-3H3. The van der Waals surface area contributed by atoms with Gasteiger partial charge in [0.25, 0.3) is 11.8 Å². The molecule has 3 heterocycles. The molecule has 1 amide bonds. The molecule has 0 atom stereocenters. The fourth-order valence-corrected chi connectivity index (χ4v) is 3.82. The average molecular weight is 411 g/mol. The van der Waals surface area contributed by atoms with Gasteiger partial charge in [-0.3, -0.25) is 4.79 Å². The van der Waals surface area contributed by atoms with Crippen molar-refractivity contribution in [2.75, 3.05) is 13.7 Å². The van der Waals surface area contributed by atoms with Crippen LogP contribution in [0.1, 0.15) is 35.4 Å². The number of fused-ring (bicyclic) bond motifs is 1. The van der Waals surface area contributed by atoms with Gasteiger partial charge in [-0.1, -0.05) is 13.0 Å². The van der Waals surface area contributed by atoms with E-state index < -0.39 is 0 Å². The molecule has 8 heteroatoms. The van der Waals surface area contributed by atoms with E-state index in [0.717, 1.165) is 28.0 Å². The minimum absolute atomic E-state index is 0.199. The first-order valence-electron chi connectivity index (χ1n) is 9.33. The number of furan rings is 1. The number of aromatic nitrogens is 2. The number of carbonyl (C=O) groups excluding carboxylic acids is 1. The van der Waals surface area contributed by atoms with Crippen LogP contribution in [0.2, 0.25) is 0 Å². The fraction of sp³-hybridized carbons (Fsp3) is 0.286. The van der Waals surface area contributed by atoms with Gasteiger partial charge >= 0.3 is 0 Å². The van der Waals surface area contributed by atoms with E-state index in [1.807, 2.05) is 49.6 Å². The number of benzene rings is 1. The molecule has 4 aromatic rings. The summed E-state index contributed by atoms with van der Waals surface area (Å²) in [7, 11) is 1.61. The Bertz CT molecular complexity index is 1130. The van der Waals surface area contributed by atoms with E-state index in [1.165, 1.54) is 11.3 Å². The summed E-state index contributed by atoms with van der Waals surface area (Å²) in [6.07, 6.45) is 0.796. The number of hydrogen-bond acceptors (Lipinski definition) is 7. The first-order chi connectivity index (χ1) is 14.1. The van der Waals surface area contributed by atoms with E-state index >= 15 is 0 Å². The lowest BCUT2D eigenvalue weighted by atomic mass is 10.1. The number of methoxy groups -OCH3 is 1. The molecule has 0 radical (unpaired) electrons. The van der Waals surface area contributed by atoms with Gasteiger partial charge in [-0.05, 0) is 43.0 Å². The summed E-state index contributed by atoms with van der Waals surface area (Å²) < 4.78 is 16.9. The second-order valence-electron chi connectivity index (χ2n) is 6.62. The lowest BCUT2D eigenvalue weighted by Crippen LogP contribution is -2.31. The number of amides is 1. The van der Waals surface area contributed by atoms with Crippen molar-refractivity contribution < 1.29 is 18.4 Å². The second-order valence-corrected chi connectivity index (χ2v) is 7.57. The predicted molar refractivity (Wildman–Crippen MR) is 110 cm³/mol. The molecule has 0 bridgehead atoms. The molecule has 150 valence electrons. The molecule has 4 rings (SSSR count). The highest BCUT2D eigenvalue weighted by Crippen LogP contribution is 2.30. The molecule has 0 aliphatic carbocycles. The van der Waals surface area contributed by atoms with Gasteiger partial charge in [-0.15, -0.1) is 21.5 Å². The normalized spacial score (nSPS) is 11.1. The van der Waals surface area contributed by atoms with Gasteiger partial charge in [0.15, 0.2) is 5.76 Å². The minimum Gasteiger partial charge on any atom is -0.497 e. The van der Waals surface area contributed by atoms with Gasteiger partial charge in [0.05, 0.1) is 18.5 Å². The Balaban J connectivity index is 1.61. The molecule has 1 aromatic carbocycles. The maximum Gasteiger partial charge on any atom is 0.290 e. The Hall–Kier alpha value is -3.13. The molecule has 0 aliphatic rings. The van der Waals surface area contributed by atoms with Crippen molar-refractivity contribution in [2.45, 2.75) is 26.8 Å². The molecular formula is C21H21N3O4S. The quantitative estimate of drug-likeness (QED) is 0.430. The van der Waals surface area contributed by atoms with Crippen LogP contribution in [0.15, 0.2) is 44.5 Å². The maximum atomic E-state index is 13.2. The zero-order valence-electron chi connectivity index (χ0n) is 16.5. The fourth-order valence-electron chi connectivity index (χ4n) is 3.18. The van der Waals surface area contributed by atoms with Gasteiger partial charge < -0.3 is 18.5 Å². The van der Waals surface area contributed by atoms with Crippen LogP contribution < -0.4 is 4.74 Å². The van der Waals surface area contributed by atoms with Crippen molar-refractivity contribution in [3.63, 3.8) is 0 Å². The van der Waals surface area contributed by atoms with Crippen LogP contribution in [-0.4, -0.2) is 34.7 Å². The SMILES string of the molecule is CCCN(Cc1nnc(-c2cccs2)o1)C(=O)c1oc2ccc(OC)cc2c1C. The Morgan fingerprint density at radius 1 is 1.24 bits per heavy atom. The second kappa shape index (κ2) is 8.08. The smallest absolute Gasteiger partial charge is 0.290 e. The number of thiophene rings is 1. The lowest BCUT2D eigenvalue weighted by Gasteiger charge is -2.19. The molecular weight excluding hydrogens is 390 g/mol. The molecule has 7 nitrogen and oxygen atoms in total. The molecule has 0 aliphatic heterocycles. The Kier molecular flexibility index (Phi) is 5.35. The lowest BCUT2D eigenvalue weighted by molar-refractivity contribution is 0.0698. The number of ether oxygens (including phenoxy) is 1. The van der Waals surface area contributed by atoms with Gasteiger partial charge in [0.1, 0.15) is 11.3 Å². The Morgan fingerprint density at radius 2 is 2.10 bits per heavy atom.